The van der Waals surface area contributed by atoms with Crippen molar-refractivity contribution in [2.24, 2.45) is 0 Å². The topological polar surface area (TPSA) is 76.0 Å². The molecule has 1 aromatic heterocycles. The summed E-state index contributed by atoms with van der Waals surface area (Å²) in [5, 5.41) is 11.5. The number of nitro groups is 1. The van der Waals surface area contributed by atoms with Gasteiger partial charge in [0, 0.05) is 34.8 Å². The maximum atomic E-state index is 12.6. The SMILES string of the molecule is Cc1ccccc1C(=O)c1c[nH]c2cc([N+](=O)[O-])ccc12. The molecule has 104 valence electrons. The third kappa shape index (κ3) is 2.18. The Morgan fingerprint density at radius 2 is 1.90 bits per heavy atom. The van der Waals surface area contributed by atoms with Gasteiger partial charge in [-0.25, -0.2) is 0 Å². The summed E-state index contributed by atoms with van der Waals surface area (Å²) >= 11 is 0. The number of H-pyrrole nitrogens is 1. The predicted octanol–water partition coefficient (Wildman–Crippen LogP) is 3.62. The molecule has 0 aliphatic carbocycles. The largest absolute Gasteiger partial charge is 0.360 e. The second-order valence-corrected chi connectivity index (χ2v) is 4.83. The molecule has 0 saturated heterocycles. The van der Waals surface area contributed by atoms with Crippen LogP contribution in [0.25, 0.3) is 10.9 Å². The number of fused-ring (bicyclic) bond motifs is 1. The highest BCUT2D eigenvalue weighted by Gasteiger charge is 2.17. The van der Waals surface area contributed by atoms with Gasteiger partial charge >= 0.3 is 0 Å². The molecule has 0 aliphatic rings. The molecule has 1 N–H and O–H groups in total. The highest BCUT2D eigenvalue weighted by atomic mass is 16.6. The Bertz CT molecular complexity index is 865. The first-order chi connectivity index (χ1) is 10.1. The van der Waals surface area contributed by atoms with Crippen molar-refractivity contribution in [1.82, 2.24) is 4.98 Å². The van der Waals surface area contributed by atoms with Gasteiger partial charge in [0.1, 0.15) is 0 Å². The van der Waals surface area contributed by atoms with Crippen LogP contribution in [0.4, 0.5) is 5.69 Å². The molecule has 1 heterocycles. The summed E-state index contributed by atoms with van der Waals surface area (Å²) in [6, 6.07) is 11.8. The number of carbonyl (C=O) groups is 1. The molecule has 0 radical (unpaired) electrons. The number of nitrogens with zero attached hydrogens (tertiary/aromatic N) is 1. The van der Waals surface area contributed by atoms with Crippen molar-refractivity contribution in [2.75, 3.05) is 0 Å². The summed E-state index contributed by atoms with van der Waals surface area (Å²) in [4.78, 5) is 25.9. The average molecular weight is 280 g/mol. The van der Waals surface area contributed by atoms with Crippen LogP contribution >= 0.6 is 0 Å². The van der Waals surface area contributed by atoms with Crippen molar-refractivity contribution >= 4 is 22.4 Å². The van der Waals surface area contributed by atoms with Crippen molar-refractivity contribution in [3.05, 3.63) is 75.5 Å². The summed E-state index contributed by atoms with van der Waals surface area (Å²) in [6.45, 7) is 1.88. The molecule has 0 bridgehead atoms. The van der Waals surface area contributed by atoms with Gasteiger partial charge in [0.25, 0.3) is 5.69 Å². The van der Waals surface area contributed by atoms with E-state index in [9.17, 15) is 14.9 Å². The molecule has 5 heteroatoms. The number of hydrogen-bond donors (Lipinski definition) is 1. The molecule has 0 amide bonds. The second kappa shape index (κ2) is 4.86. The van der Waals surface area contributed by atoms with Crippen LogP contribution in [-0.2, 0) is 0 Å². The van der Waals surface area contributed by atoms with Crippen LogP contribution in [0.3, 0.4) is 0 Å². The van der Waals surface area contributed by atoms with E-state index in [1.165, 1.54) is 12.1 Å². The van der Waals surface area contributed by atoms with Crippen LogP contribution < -0.4 is 0 Å². The zero-order valence-corrected chi connectivity index (χ0v) is 11.3. The Kier molecular flexibility index (Phi) is 3.02. The third-order valence-electron chi connectivity index (χ3n) is 3.51. The minimum atomic E-state index is -0.455. The summed E-state index contributed by atoms with van der Waals surface area (Å²) in [5.74, 6) is -0.0896. The Balaban J connectivity index is 2.11. The summed E-state index contributed by atoms with van der Waals surface area (Å²) in [5.41, 5.74) is 2.64. The van der Waals surface area contributed by atoms with Gasteiger partial charge in [-0.15, -0.1) is 0 Å². The van der Waals surface area contributed by atoms with Crippen molar-refractivity contribution < 1.29 is 9.72 Å². The van der Waals surface area contributed by atoms with Crippen LogP contribution in [-0.4, -0.2) is 15.7 Å². The van der Waals surface area contributed by atoms with Crippen LogP contribution in [0.15, 0.2) is 48.7 Å². The molecule has 0 aliphatic heterocycles. The predicted molar refractivity (Wildman–Crippen MR) is 79.6 cm³/mol. The number of nitrogens with one attached hydrogen (secondary N) is 1. The Morgan fingerprint density at radius 1 is 1.14 bits per heavy atom. The van der Waals surface area contributed by atoms with E-state index >= 15 is 0 Å². The molecule has 2 aromatic carbocycles. The molecule has 0 saturated carbocycles. The Morgan fingerprint density at radius 3 is 2.62 bits per heavy atom. The van der Waals surface area contributed by atoms with E-state index in [1.54, 1.807) is 18.3 Å². The number of benzene rings is 2. The number of ketones is 1. The molecule has 3 rings (SSSR count). The summed E-state index contributed by atoms with van der Waals surface area (Å²) in [7, 11) is 0. The molecule has 3 aromatic rings. The van der Waals surface area contributed by atoms with Crippen LogP contribution in [0.5, 0.6) is 0 Å². The van der Waals surface area contributed by atoms with E-state index in [4.69, 9.17) is 0 Å². The molecular weight excluding hydrogens is 268 g/mol. The maximum Gasteiger partial charge on any atom is 0.271 e. The van der Waals surface area contributed by atoms with E-state index in [0.717, 1.165) is 5.56 Å². The van der Waals surface area contributed by atoms with Gasteiger partial charge in [-0.1, -0.05) is 24.3 Å². The number of aryl methyl sites for hydroxylation is 1. The lowest BCUT2D eigenvalue weighted by Crippen LogP contribution is -2.02. The normalized spacial score (nSPS) is 10.7. The number of non-ortho nitro benzene ring substituents is 1. The standard InChI is InChI=1S/C16H12N2O3/c1-10-4-2-3-5-12(10)16(19)14-9-17-15-8-11(18(20)21)6-7-13(14)15/h2-9,17H,1H3. The lowest BCUT2D eigenvalue weighted by molar-refractivity contribution is -0.384. The number of carbonyl (C=O) groups excluding carboxylic acids is 1. The van der Waals surface area contributed by atoms with Crippen molar-refractivity contribution in [3.63, 3.8) is 0 Å². The monoisotopic (exact) mass is 280 g/mol. The molecule has 21 heavy (non-hydrogen) atoms. The lowest BCUT2D eigenvalue weighted by Gasteiger charge is -2.03. The first-order valence-corrected chi connectivity index (χ1v) is 6.44. The van der Waals surface area contributed by atoms with Gasteiger partial charge in [-0.2, -0.15) is 0 Å². The summed E-state index contributed by atoms with van der Waals surface area (Å²) < 4.78 is 0. The number of aromatic nitrogens is 1. The summed E-state index contributed by atoms with van der Waals surface area (Å²) in [6.07, 6.45) is 1.60. The number of nitro benzene ring substituents is 1. The molecule has 0 atom stereocenters. The number of hydrogen-bond acceptors (Lipinski definition) is 3. The van der Waals surface area contributed by atoms with E-state index in [0.29, 0.717) is 22.0 Å². The van der Waals surface area contributed by atoms with Crippen LogP contribution in [0, 0.1) is 17.0 Å². The quantitative estimate of drug-likeness (QED) is 0.452. The first kappa shape index (κ1) is 13.1. The highest BCUT2D eigenvalue weighted by Crippen LogP contribution is 2.25. The van der Waals surface area contributed by atoms with Crippen molar-refractivity contribution in [2.45, 2.75) is 6.92 Å². The smallest absolute Gasteiger partial charge is 0.271 e. The minimum Gasteiger partial charge on any atom is -0.360 e. The fourth-order valence-electron chi connectivity index (χ4n) is 2.39. The third-order valence-corrected chi connectivity index (χ3v) is 3.51. The second-order valence-electron chi connectivity index (χ2n) is 4.83. The van der Waals surface area contributed by atoms with Crippen LogP contribution in [0.2, 0.25) is 0 Å². The van der Waals surface area contributed by atoms with E-state index in [-0.39, 0.29) is 11.5 Å². The Labute approximate surface area is 120 Å². The molecule has 0 spiro atoms. The van der Waals surface area contributed by atoms with E-state index < -0.39 is 4.92 Å². The number of aromatic amines is 1. The average Bonchev–Trinajstić information content (AvgIpc) is 2.90. The van der Waals surface area contributed by atoms with Crippen molar-refractivity contribution in [3.8, 4) is 0 Å². The molecule has 0 unspecified atom stereocenters. The maximum absolute atomic E-state index is 12.6. The van der Waals surface area contributed by atoms with Gasteiger partial charge in [0.05, 0.1) is 10.4 Å². The van der Waals surface area contributed by atoms with Gasteiger partial charge in [0.15, 0.2) is 5.78 Å². The minimum absolute atomic E-state index is 0.000703. The molecular formula is C16H12N2O3. The molecule has 0 fully saturated rings. The van der Waals surface area contributed by atoms with E-state index in [1.807, 2.05) is 25.1 Å². The zero-order chi connectivity index (χ0) is 15.0. The van der Waals surface area contributed by atoms with Gasteiger partial charge < -0.3 is 4.98 Å². The fraction of sp³-hybridized carbons (Fsp3) is 0.0625. The Hall–Kier alpha value is -2.95. The van der Waals surface area contributed by atoms with Crippen molar-refractivity contribution in [1.29, 1.82) is 0 Å². The first-order valence-electron chi connectivity index (χ1n) is 6.44. The van der Waals surface area contributed by atoms with Crippen LogP contribution in [0.1, 0.15) is 21.5 Å². The molecule has 5 nitrogen and oxygen atoms in total. The van der Waals surface area contributed by atoms with Gasteiger partial charge in [-0.3, -0.25) is 14.9 Å². The fourth-order valence-corrected chi connectivity index (χ4v) is 2.39. The highest BCUT2D eigenvalue weighted by molar-refractivity contribution is 6.17. The zero-order valence-electron chi connectivity index (χ0n) is 11.3. The number of rotatable bonds is 3. The van der Waals surface area contributed by atoms with Gasteiger partial charge in [-0.05, 0) is 18.6 Å². The van der Waals surface area contributed by atoms with E-state index in [2.05, 4.69) is 4.98 Å². The van der Waals surface area contributed by atoms with Gasteiger partial charge in [0.2, 0.25) is 0 Å². The lowest BCUT2D eigenvalue weighted by atomic mass is 9.99.